The van der Waals surface area contributed by atoms with Gasteiger partial charge in [0, 0.05) is 10.8 Å². The van der Waals surface area contributed by atoms with Crippen molar-refractivity contribution in [1.29, 1.82) is 0 Å². The van der Waals surface area contributed by atoms with Crippen molar-refractivity contribution in [3.05, 3.63) is 24.3 Å². The van der Waals surface area contributed by atoms with Crippen molar-refractivity contribution < 1.29 is 18.9 Å². The van der Waals surface area contributed by atoms with Crippen molar-refractivity contribution in [2.75, 3.05) is 21.0 Å². The van der Waals surface area contributed by atoms with Gasteiger partial charge in [-0.3, -0.25) is 0 Å². The van der Waals surface area contributed by atoms with Crippen LogP contribution in [-0.2, 0) is 0 Å². The van der Waals surface area contributed by atoms with Gasteiger partial charge in [-0.1, -0.05) is 24.3 Å². The van der Waals surface area contributed by atoms with Gasteiger partial charge in [-0.15, -0.1) is 0 Å². The Kier molecular flexibility index (Phi) is 2.21. The van der Waals surface area contributed by atoms with Gasteiger partial charge in [0.2, 0.25) is 18.3 Å². The van der Waals surface area contributed by atoms with E-state index in [4.69, 9.17) is 18.9 Å². The van der Waals surface area contributed by atoms with Crippen molar-refractivity contribution >= 4 is 10.8 Å². The molecule has 0 saturated carbocycles. The number of methoxy groups -OCH3 is 2. The molecule has 0 unspecified atom stereocenters. The van der Waals surface area contributed by atoms with Crippen LogP contribution in [0.1, 0.15) is 0 Å². The minimum absolute atomic E-state index is 0.211. The quantitative estimate of drug-likeness (QED) is 0.797. The van der Waals surface area contributed by atoms with Crippen molar-refractivity contribution in [1.82, 2.24) is 0 Å². The Morgan fingerprint density at radius 2 is 1.53 bits per heavy atom. The zero-order valence-electron chi connectivity index (χ0n) is 9.65. The summed E-state index contributed by atoms with van der Waals surface area (Å²) in [6.45, 7) is 0.211. The van der Waals surface area contributed by atoms with Crippen molar-refractivity contribution in [3.8, 4) is 23.0 Å². The molecule has 1 heterocycles. The lowest BCUT2D eigenvalue weighted by Crippen LogP contribution is -1.95. The fraction of sp³-hybridized carbons (Fsp3) is 0.231. The second kappa shape index (κ2) is 3.73. The molecule has 0 N–H and O–H groups in total. The summed E-state index contributed by atoms with van der Waals surface area (Å²) < 4.78 is 21.7. The highest BCUT2D eigenvalue weighted by Crippen LogP contribution is 2.52. The predicted octanol–water partition coefficient (Wildman–Crippen LogP) is 2.59. The third-order valence-corrected chi connectivity index (χ3v) is 2.85. The van der Waals surface area contributed by atoms with Gasteiger partial charge in [-0.2, -0.15) is 0 Å². The second-order valence-corrected chi connectivity index (χ2v) is 3.68. The standard InChI is InChI=1S/C13H12O4/c1-14-10-8-5-3-4-6-9(8)11-13(12(10)15-2)17-7-16-11/h3-6H,7H2,1-2H3. The van der Waals surface area contributed by atoms with Crippen LogP contribution >= 0.6 is 0 Å². The predicted molar refractivity (Wildman–Crippen MR) is 63.2 cm³/mol. The Balaban J connectivity index is 2.45. The van der Waals surface area contributed by atoms with Crippen LogP contribution in [0.25, 0.3) is 10.8 Å². The van der Waals surface area contributed by atoms with Crippen LogP contribution in [0.5, 0.6) is 23.0 Å². The molecule has 4 nitrogen and oxygen atoms in total. The SMILES string of the molecule is COc1c2c(c3ccccc3c1OC)OCO2. The van der Waals surface area contributed by atoms with E-state index in [-0.39, 0.29) is 6.79 Å². The van der Waals surface area contributed by atoms with Crippen LogP contribution in [0, 0.1) is 0 Å². The third-order valence-electron chi connectivity index (χ3n) is 2.85. The number of benzene rings is 2. The Hall–Kier alpha value is -2.10. The van der Waals surface area contributed by atoms with E-state index in [0.717, 1.165) is 16.5 Å². The number of rotatable bonds is 2. The molecule has 0 bridgehead atoms. The van der Waals surface area contributed by atoms with Crippen LogP contribution in [0.2, 0.25) is 0 Å². The number of fused-ring (bicyclic) bond motifs is 3. The molecule has 0 amide bonds. The van der Waals surface area contributed by atoms with Crippen molar-refractivity contribution in [2.24, 2.45) is 0 Å². The number of ether oxygens (including phenoxy) is 4. The topological polar surface area (TPSA) is 36.9 Å². The van der Waals surface area contributed by atoms with Gasteiger partial charge < -0.3 is 18.9 Å². The maximum Gasteiger partial charge on any atom is 0.231 e. The third kappa shape index (κ3) is 1.30. The summed E-state index contributed by atoms with van der Waals surface area (Å²) in [5, 5.41) is 1.92. The number of hydrogen-bond acceptors (Lipinski definition) is 4. The molecule has 88 valence electrons. The molecule has 2 aromatic carbocycles. The van der Waals surface area contributed by atoms with E-state index in [1.165, 1.54) is 0 Å². The first kappa shape index (κ1) is 10.1. The monoisotopic (exact) mass is 232 g/mol. The van der Waals surface area contributed by atoms with Crippen molar-refractivity contribution in [3.63, 3.8) is 0 Å². The highest BCUT2D eigenvalue weighted by Gasteiger charge is 2.27. The highest BCUT2D eigenvalue weighted by molar-refractivity contribution is 5.99. The summed E-state index contributed by atoms with van der Waals surface area (Å²) in [4.78, 5) is 0. The maximum absolute atomic E-state index is 5.50. The first-order valence-electron chi connectivity index (χ1n) is 5.29. The Labute approximate surface area is 98.7 Å². The van der Waals surface area contributed by atoms with E-state index >= 15 is 0 Å². The molecule has 0 fully saturated rings. The van der Waals surface area contributed by atoms with E-state index in [1.54, 1.807) is 14.2 Å². The minimum atomic E-state index is 0.211. The molecule has 17 heavy (non-hydrogen) atoms. The summed E-state index contributed by atoms with van der Waals surface area (Å²) in [6.07, 6.45) is 0. The smallest absolute Gasteiger partial charge is 0.231 e. The molecule has 0 atom stereocenters. The van der Waals surface area contributed by atoms with Gasteiger partial charge >= 0.3 is 0 Å². The average molecular weight is 232 g/mol. The lowest BCUT2D eigenvalue weighted by molar-refractivity contribution is 0.171. The van der Waals surface area contributed by atoms with Gasteiger partial charge in [-0.05, 0) is 0 Å². The molecule has 0 aliphatic carbocycles. The molecular weight excluding hydrogens is 220 g/mol. The minimum Gasteiger partial charge on any atom is -0.492 e. The van der Waals surface area contributed by atoms with Gasteiger partial charge in [0.25, 0.3) is 0 Å². The first-order chi connectivity index (χ1) is 8.36. The van der Waals surface area contributed by atoms with E-state index in [1.807, 2.05) is 24.3 Å². The molecule has 1 aliphatic rings. The molecule has 0 saturated heterocycles. The molecule has 2 aromatic rings. The summed E-state index contributed by atoms with van der Waals surface area (Å²) >= 11 is 0. The highest BCUT2D eigenvalue weighted by atomic mass is 16.7. The van der Waals surface area contributed by atoms with Gasteiger partial charge in [0.05, 0.1) is 14.2 Å². The lowest BCUT2D eigenvalue weighted by Gasteiger charge is -2.13. The van der Waals surface area contributed by atoms with Crippen LogP contribution in [0.3, 0.4) is 0 Å². The van der Waals surface area contributed by atoms with E-state index in [9.17, 15) is 0 Å². The fourth-order valence-electron chi connectivity index (χ4n) is 2.14. The van der Waals surface area contributed by atoms with Gasteiger partial charge in [-0.25, -0.2) is 0 Å². The first-order valence-corrected chi connectivity index (χ1v) is 5.29. The summed E-state index contributed by atoms with van der Waals surface area (Å²) in [5.41, 5.74) is 0. The molecule has 0 radical (unpaired) electrons. The second-order valence-electron chi connectivity index (χ2n) is 3.68. The average Bonchev–Trinajstić information content (AvgIpc) is 2.86. The normalized spacial score (nSPS) is 12.8. The Bertz CT molecular complexity index is 577. The molecule has 3 rings (SSSR count). The zero-order chi connectivity index (χ0) is 11.8. The van der Waals surface area contributed by atoms with E-state index in [0.29, 0.717) is 17.2 Å². The maximum atomic E-state index is 5.50. The summed E-state index contributed by atoms with van der Waals surface area (Å²) in [7, 11) is 3.21. The van der Waals surface area contributed by atoms with Crippen LogP contribution in [0.15, 0.2) is 24.3 Å². The molecule has 1 aliphatic heterocycles. The van der Waals surface area contributed by atoms with Crippen LogP contribution in [0.4, 0.5) is 0 Å². The van der Waals surface area contributed by atoms with Gasteiger partial charge in [0.15, 0.2) is 11.5 Å². The van der Waals surface area contributed by atoms with Crippen LogP contribution < -0.4 is 18.9 Å². The fourth-order valence-corrected chi connectivity index (χ4v) is 2.14. The zero-order valence-corrected chi connectivity index (χ0v) is 9.65. The molecular formula is C13H12O4. The molecule has 4 heteroatoms. The largest absolute Gasteiger partial charge is 0.492 e. The Morgan fingerprint density at radius 3 is 2.24 bits per heavy atom. The Morgan fingerprint density at radius 1 is 0.882 bits per heavy atom. The van der Waals surface area contributed by atoms with E-state index in [2.05, 4.69) is 0 Å². The molecule has 0 aromatic heterocycles. The summed E-state index contributed by atoms with van der Waals surface area (Å²) in [5.74, 6) is 2.59. The van der Waals surface area contributed by atoms with E-state index < -0.39 is 0 Å². The van der Waals surface area contributed by atoms with Crippen LogP contribution in [-0.4, -0.2) is 21.0 Å². The summed E-state index contributed by atoms with van der Waals surface area (Å²) in [6, 6.07) is 7.85. The van der Waals surface area contributed by atoms with Gasteiger partial charge in [0.1, 0.15) is 0 Å². The van der Waals surface area contributed by atoms with Crippen molar-refractivity contribution in [2.45, 2.75) is 0 Å². The lowest BCUT2D eigenvalue weighted by atomic mass is 10.1. The molecule has 0 spiro atoms. The number of hydrogen-bond donors (Lipinski definition) is 0.